The Hall–Kier alpha value is -4.21. The number of methoxy groups -OCH3 is 2. The lowest BCUT2D eigenvalue weighted by Crippen LogP contribution is -2.33. The van der Waals surface area contributed by atoms with Crippen LogP contribution in [0.2, 0.25) is 0 Å². The fraction of sp³-hybridized carbons (Fsp3) is 0.261. The monoisotopic (exact) mass is 448 g/mol. The van der Waals surface area contributed by atoms with Gasteiger partial charge in [0.1, 0.15) is 12.9 Å². The first kappa shape index (κ1) is 22.0. The summed E-state index contributed by atoms with van der Waals surface area (Å²) in [4.78, 5) is 29.5. The number of hydrogen-bond donors (Lipinski definition) is 1. The predicted molar refractivity (Wildman–Crippen MR) is 122 cm³/mol. The minimum Gasteiger partial charge on any atom is -0.493 e. The van der Waals surface area contributed by atoms with Gasteiger partial charge in [0.05, 0.1) is 19.9 Å². The van der Waals surface area contributed by atoms with Crippen molar-refractivity contribution >= 4 is 17.1 Å². The third-order valence-electron chi connectivity index (χ3n) is 5.21. The molecule has 0 aliphatic rings. The molecular weight excluding hydrogens is 424 g/mol. The lowest BCUT2D eigenvalue weighted by atomic mass is 10.1. The number of benzene rings is 2. The topological polar surface area (TPSA) is 113 Å². The van der Waals surface area contributed by atoms with Crippen molar-refractivity contribution in [2.75, 3.05) is 20.8 Å². The SMILES string of the molecule is COc1ccc(CCNC(=O)Cn2cnc3c(nnn3-c3ccc(C)cc3)c2=O)cc1OC. The largest absolute Gasteiger partial charge is 0.493 e. The van der Waals surface area contributed by atoms with Gasteiger partial charge in [-0.25, -0.2) is 4.98 Å². The highest BCUT2D eigenvalue weighted by Gasteiger charge is 2.15. The Morgan fingerprint density at radius 3 is 2.55 bits per heavy atom. The second-order valence-corrected chi connectivity index (χ2v) is 7.48. The van der Waals surface area contributed by atoms with E-state index in [-0.39, 0.29) is 18.0 Å². The molecule has 0 aliphatic heterocycles. The Balaban J connectivity index is 1.41. The number of fused-ring (bicyclic) bond motifs is 1. The molecule has 10 nitrogen and oxygen atoms in total. The highest BCUT2D eigenvalue weighted by Crippen LogP contribution is 2.27. The molecule has 0 aliphatic carbocycles. The molecule has 0 radical (unpaired) electrons. The van der Waals surface area contributed by atoms with Crippen molar-refractivity contribution in [1.82, 2.24) is 29.9 Å². The summed E-state index contributed by atoms with van der Waals surface area (Å²) in [6, 6.07) is 13.2. The molecule has 0 fully saturated rings. The average Bonchev–Trinajstić information content (AvgIpc) is 3.26. The molecule has 0 unspecified atom stereocenters. The highest BCUT2D eigenvalue weighted by molar-refractivity contribution is 5.76. The maximum atomic E-state index is 12.8. The molecule has 0 atom stereocenters. The predicted octanol–water partition coefficient (Wildman–Crippen LogP) is 1.66. The Labute approximate surface area is 189 Å². The van der Waals surface area contributed by atoms with Crippen LogP contribution in [0.3, 0.4) is 0 Å². The lowest BCUT2D eigenvalue weighted by molar-refractivity contribution is -0.121. The van der Waals surface area contributed by atoms with E-state index in [0.717, 1.165) is 16.8 Å². The Morgan fingerprint density at radius 2 is 1.82 bits per heavy atom. The second-order valence-electron chi connectivity index (χ2n) is 7.48. The quantitative estimate of drug-likeness (QED) is 0.436. The molecule has 2 aromatic heterocycles. The molecule has 170 valence electrons. The van der Waals surface area contributed by atoms with Crippen LogP contribution in [-0.2, 0) is 17.8 Å². The summed E-state index contributed by atoms with van der Waals surface area (Å²) in [5.74, 6) is 0.974. The minimum absolute atomic E-state index is 0.108. The maximum absolute atomic E-state index is 12.8. The van der Waals surface area contributed by atoms with Crippen LogP contribution in [-0.4, -0.2) is 51.2 Å². The van der Waals surface area contributed by atoms with E-state index < -0.39 is 5.56 Å². The van der Waals surface area contributed by atoms with Gasteiger partial charge in [-0.05, 0) is 43.2 Å². The fourth-order valence-electron chi connectivity index (χ4n) is 3.41. The van der Waals surface area contributed by atoms with Crippen LogP contribution in [0.25, 0.3) is 16.9 Å². The van der Waals surface area contributed by atoms with Crippen molar-refractivity contribution in [2.24, 2.45) is 0 Å². The summed E-state index contributed by atoms with van der Waals surface area (Å²) in [5, 5.41) is 10.9. The van der Waals surface area contributed by atoms with Crippen LogP contribution in [0, 0.1) is 6.92 Å². The smallest absolute Gasteiger partial charge is 0.284 e. The van der Waals surface area contributed by atoms with Crippen molar-refractivity contribution in [3.05, 3.63) is 70.3 Å². The van der Waals surface area contributed by atoms with E-state index in [9.17, 15) is 9.59 Å². The molecule has 33 heavy (non-hydrogen) atoms. The minimum atomic E-state index is -0.423. The van der Waals surface area contributed by atoms with E-state index >= 15 is 0 Å². The molecule has 4 rings (SSSR count). The fourth-order valence-corrected chi connectivity index (χ4v) is 3.41. The van der Waals surface area contributed by atoms with Crippen LogP contribution in [0.5, 0.6) is 11.5 Å². The lowest BCUT2D eigenvalue weighted by Gasteiger charge is -2.10. The number of ether oxygens (including phenoxy) is 2. The van der Waals surface area contributed by atoms with E-state index in [1.165, 1.54) is 15.6 Å². The van der Waals surface area contributed by atoms with Gasteiger partial charge in [0.25, 0.3) is 5.56 Å². The summed E-state index contributed by atoms with van der Waals surface area (Å²) in [6.45, 7) is 2.23. The molecule has 4 aromatic rings. The molecule has 0 saturated carbocycles. The molecule has 1 N–H and O–H groups in total. The Bertz CT molecular complexity index is 1340. The Kier molecular flexibility index (Phi) is 6.34. The van der Waals surface area contributed by atoms with E-state index in [1.54, 1.807) is 14.2 Å². The molecule has 0 bridgehead atoms. The van der Waals surface area contributed by atoms with Crippen molar-refractivity contribution in [1.29, 1.82) is 0 Å². The van der Waals surface area contributed by atoms with Gasteiger partial charge in [0.2, 0.25) is 5.91 Å². The molecule has 10 heteroatoms. The highest BCUT2D eigenvalue weighted by atomic mass is 16.5. The summed E-state index contributed by atoms with van der Waals surface area (Å²) in [6.07, 6.45) is 1.94. The second kappa shape index (κ2) is 9.51. The first-order valence-electron chi connectivity index (χ1n) is 10.4. The summed E-state index contributed by atoms with van der Waals surface area (Å²) in [7, 11) is 3.15. The third-order valence-corrected chi connectivity index (χ3v) is 5.21. The number of carbonyl (C=O) groups excluding carboxylic acids is 1. The van der Waals surface area contributed by atoms with Crippen LogP contribution in [0.1, 0.15) is 11.1 Å². The van der Waals surface area contributed by atoms with Gasteiger partial charge in [-0.3, -0.25) is 14.2 Å². The van der Waals surface area contributed by atoms with Crippen LogP contribution in [0.4, 0.5) is 0 Å². The zero-order chi connectivity index (χ0) is 23.4. The van der Waals surface area contributed by atoms with Crippen LogP contribution in [0.15, 0.2) is 53.6 Å². The van der Waals surface area contributed by atoms with Gasteiger partial charge < -0.3 is 14.8 Å². The van der Waals surface area contributed by atoms with Crippen LogP contribution >= 0.6 is 0 Å². The molecule has 2 aromatic carbocycles. The van der Waals surface area contributed by atoms with Crippen LogP contribution < -0.4 is 20.3 Å². The molecule has 2 heterocycles. The van der Waals surface area contributed by atoms with E-state index in [4.69, 9.17) is 9.47 Å². The van der Waals surface area contributed by atoms with E-state index in [0.29, 0.717) is 30.1 Å². The number of nitrogens with zero attached hydrogens (tertiary/aromatic N) is 5. The molecule has 1 amide bonds. The van der Waals surface area contributed by atoms with Gasteiger partial charge >= 0.3 is 0 Å². The van der Waals surface area contributed by atoms with E-state index in [2.05, 4.69) is 20.6 Å². The maximum Gasteiger partial charge on any atom is 0.284 e. The van der Waals surface area contributed by atoms with Crippen molar-refractivity contribution in [3.8, 4) is 17.2 Å². The third kappa shape index (κ3) is 4.69. The number of amides is 1. The zero-order valence-electron chi connectivity index (χ0n) is 18.6. The van der Waals surface area contributed by atoms with Gasteiger partial charge in [0.15, 0.2) is 22.7 Å². The zero-order valence-corrected chi connectivity index (χ0v) is 18.6. The first-order chi connectivity index (χ1) is 16.0. The van der Waals surface area contributed by atoms with Gasteiger partial charge in [-0.2, -0.15) is 4.68 Å². The molecule has 0 saturated heterocycles. The van der Waals surface area contributed by atoms with Crippen molar-refractivity contribution < 1.29 is 14.3 Å². The number of carbonyl (C=O) groups is 1. The van der Waals surface area contributed by atoms with Gasteiger partial charge in [-0.1, -0.05) is 29.0 Å². The molecular formula is C23H24N6O4. The average molecular weight is 448 g/mol. The summed E-state index contributed by atoms with van der Waals surface area (Å²) in [5.41, 5.74) is 2.87. The molecule has 0 spiro atoms. The Morgan fingerprint density at radius 1 is 1.06 bits per heavy atom. The summed E-state index contributed by atoms with van der Waals surface area (Å²) >= 11 is 0. The number of rotatable bonds is 8. The van der Waals surface area contributed by atoms with Crippen molar-refractivity contribution in [2.45, 2.75) is 19.9 Å². The van der Waals surface area contributed by atoms with Gasteiger partial charge in [0, 0.05) is 6.54 Å². The first-order valence-corrected chi connectivity index (χ1v) is 10.4. The van der Waals surface area contributed by atoms with Crippen molar-refractivity contribution in [3.63, 3.8) is 0 Å². The standard InChI is InChI=1S/C23H24N6O4/c1-15-4-7-17(8-5-15)29-22-21(26-27-29)23(31)28(14-25-22)13-20(30)24-11-10-16-6-9-18(32-2)19(12-16)33-3/h4-9,12,14H,10-11,13H2,1-3H3,(H,24,30). The number of hydrogen-bond acceptors (Lipinski definition) is 7. The number of nitrogens with one attached hydrogen (secondary N) is 1. The number of aryl methyl sites for hydroxylation is 1. The summed E-state index contributed by atoms with van der Waals surface area (Å²) < 4.78 is 13.3. The number of aromatic nitrogens is 5. The van der Waals surface area contributed by atoms with Gasteiger partial charge in [-0.15, -0.1) is 5.10 Å². The normalized spacial score (nSPS) is 10.9. The van der Waals surface area contributed by atoms with E-state index in [1.807, 2.05) is 49.4 Å².